The van der Waals surface area contributed by atoms with Crippen LogP contribution in [-0.2, 0) is 9.47 Å². The molecule has 0 fully saturated rings. The Labute approximate surface area is 151 Å². The zero-order valence-electron chi connectivity index (χ0n) is 15.1. The topological polar surface area (TPSA) is 66.9 Å². The first-order valence-electron chi connectivity index (χ1n) is 7.94. The molecule has 0 aliphatic carbocycles. The highest BCUT2D eigenvalue weighted by molar-refractivity contribution is 7.17. The number of hydrogen-bond acceptors (Lipinski definition) is 7. The van der Waals surface area contributed by atoms with E-state index in [1.54, 1.807) is 21.1 Å². The van der Waals surface area contributed by atoms with E-state index in [-0.39, 0.29) is 18.7 Å². The minimum atomic E-state index is -0.380. The molecule has 2 aromatic rings. The Morgan fingerprint density at radius 2 is 1.88 bits per heavy atom. The quantitative estimate of drug-likeness (QED) is 0.525. The Kier molecular flexibility index (Phi) is 6.78. The Morgan fingerprint density at radius 1 is 1.16 bits per heavy atom. The van der Waals surface area contributed by atoms with Crippen molar-refractivity contribution in [3.8, 4) is 22.1 Å². The normalized spacial score (nSPS) is 10.8. The molecule has 1 heterocycles. The van der Waals surface area contributed by atoms with E-state index in [1.165, 1.54) is 11.3 Å². The zero-order valence-corrected chi connectivity index (χ0v) is 15.9. The van der Waals surface area contributed by atoms with Crippen LogP contribution in [0, 0.1) is 6.92 Å². The maximum absolute atomic E-state index is 12.2. The van der Waals surface area contributed by atoms with Crippen molar-refractivity contribution in [3.05, 3.63) is 28.8 Å². The lowest BCUT2D eigenvalue weighted by Crippen LogP contribution is -2.13. The molecule has 0 N–H and O–H groups in total. The van der Waals surface area contributed by atoms with Crippen molar-refractivity contribution < 1.29 is 23.7 Å². The van der Waals surface area contributed by atoms with Gasteiger partial charge < -0.3 is 18.9 Å². The molecule has 7 heteroatoms. The maximum Gasteiger partial charge on any atom is 0.350 e. The second-order valence-corrected chi connectivity index (χ2v) is 6.56. The van der Waals surface area contributed by atoms with Gasteiger partial charge in [-0.3, -0.25) is 0 Å². The molecule has 0 aliphatic heterocycles. The van der Waals surface area contributed by atoms with Gasteiger partial charge in [-0.1, -0.05) is 0 Å². The lowest BCUT2D eigenvalue weighted by atomic mass is 10.2. The molecule has 0 saturated carbocycles. The van der Waals surface area contributed by atoms with Crippen molar-refractivity contribution in [1.29, 1.82) is 0 Å². The molecule has 0 saturated heterocycles. The third-order valence-corrected chi connectivity index (χ3v) is 4.57. The molecule has 1 aromatic heterocycles. The number of carbonyl (C=O) groups is 1. The molecule has 1 aromatic carbocycles. The Hall–Kier alpha value is -2.12. The van der Waals surface area contributed by atoms with Gasteiger partial charge in [0.1, 0.15) is 16.5 Å². The average Bonchev–Trinajstić information content (AvgIpc) is 2.99. The summed E-state index contributed by atoms with van der Waals surface area (Å²) in [5.41, 5.74) is 1.50. The largest absolute Gasteiger partial charge is 0.493 e. The van der Waals surface area contributed by atoms with E-state index in [1.807, 2.05) is 32.0 Å². The van der Waals surface area contributed by atoms with E-state index >= 15 is 0 Å². The molecule has 25 heavy (non-hydrogen) atoms. The van der Waals surface area contributed by atoms with Crippen LogP contribution in [0.5, 0.6) is 11.5 Å². The highest BCUT2D eigenvalue weighted by atomic mass is 32.1. The molecule has 0 bridgehead atoms. The van der Waals surface area contributed by atoms with Crippen molar-refractivity contribution in [2.45, 2.75) is 26.9 Å². The van der Waals surface area contributed by atoms with Crippen LogP contribution in [0.2, 0.25) is 0 Å². The van der Waals surface area contributed by atoms with Crippen molar-refractivity contribution in [1.82, 2.24) is 4.98 Å². The molecule has 0 amide bonds. The number of aryl methyl sites for hydroxylation is 1. The van der Waals surface area contributed by atoms with Gasteiger partial charge in [-0.25, -0.2) is 9.78 Å². The van der Waals surface area contributed by atoms with E-state index in [0.717, 1.165) is 10.6 Å². The van der Waals surface area contributed by atoms with Crippen molar-refractivity contribution in [2.24, 2.45) is 0 Å². The number of aromatic nitrogens is 1. The van der Waals surface area contributed by atoms with E-state index in [9.17, 15) is 4.79 Å². The van der Waals surface area contributed by atoms with Crippen LogP contribution in [-0.4, -0.2) is 44.5 Å². The second kappa shape index (κ2) is 8.82. The SMILES string of the molecule is COc1ccc(-c2nc(C)c(C(=O)OCCOC(C)C)s2)cc1OC. The van der Waals surface area contributed by atoms with Gasteiger partial charge in [0.2, 0.25) is 0 Å². The molecular weight excluding hydrogens is 342 g/mol. The van der Waals surface area contributed by atoms with Crippen LogP contribution in [0.25, 0.3) is 10.6 Å². The van der Waals surface area contributed by atoms with E-state index in [0.29, 0.717) is 28.7 Å². The van der Waals surface area contributed by atoms with Crippen LogP contribution in [0.3, 0.4) is 0 Å². The lowest BCUT2D eigenvalue weighted by molar-refractivity contribution is 0.0180. The summed E-state index contributed by atoms with van der Waals surface area (Å²) in [5.74, 6) is 0.876. The lowest BCUT2D eigenvalue weighted by Gasteiger charge is -2.08. The van der Waals surface area contributed by atoms with Gasteiger partial charge in [0.05, 0.1) is 32.6 Å². The molecule has 0 aliphatic rings. The molecule has 0 atom stereocenters. The Bertz CT molecular complexity index is 726. The molecule has 0 unspecified atom stereocenters. The number of ether oxygens (including phenoxy) is 4. The number of carbonyl (C=O) groups excluding carboxylic acids is 1. The summed E-state index contributed by atoms with van der Waals surface area (Å²) >= 11 is 1.29. The first kappa shape index (κ1) is 19.2. The molecule has 6 nitrogen and oxygen atoms in total. The van der Waals surface area contributed by atoms with Crippen molar-refractivity contribution >= 4 is 17.3 Å². The van der Waals surface area contributed by atoms with E-state index in [4.69, 9.17) is 18.9 Å². The number of esters is 1. The first-order valence-corrected chi connectivity index (χ1v) is 8.76. The van der Waals surface area contributed by atoms with Crippen molar-refractivity contribution in [3.63, 3.8) is 0 Å². The highest BCUT2D eigenvalue weighted by Gasteiger charge is 2.18. The summed E-state index contributed by atoms with van der Waals surface area (Å²) in [4.78, 5) is 17.2. The maximum atomic E-state index is 12.2. The van der Waals surface area contributed by atoms with Gasteiger partial charge in [-0.05, 0) is 39.0 Å². The Balaban J connectivity index is 2.12. The number of rotatable bonds is 8. The predicted octanol–water partition coefficient (Wildman–Crippen LogP) is 3.72. The van der Waals surface area contributed by atoms with E-state index in [2.05, 4.69) is 4.98 Å². The number of hydrogen-bond donors (Lipinski definition) is 0. The fourth-order valence-electron chi connectivity index (χ4n) is 2.16. The smallest absolute Gasteiger partial charge is 0.350 e. The molecule has 136 valence electrons. The van der Waals surface area contributed by atoms with E-state index < -0.39 is 0 Å². The Morgan fingerprint density at radius 3 is 2.52 bits per heavy atom. The van der Waals surface area contributed by atoms with Gasteiger partial charge in [-0.15, -0.1) is 11.3 Å². The summed E-state index contributed by atoms with van der Waals surface area (Å²) < 4.78 is 21.2. The summed E-state index contributed by atoms with van der Waals surface area (Å²) in [5, 5.41) is 0.726. The number of methoxy groups -OCH3 is 2. The van der Waals surface area contributed by atoms with Gasteiger partial charge in [0.25, 0.3) is 0 Å². The fourth-order valence-corrected chi connectivity index (χ4v) is 3.12. The minimum absolute atomic E-state index is 0.112. The summed E-state index contributed by atoms with van der Waals surface area (Å²) in [6.45, 7) is 6.26. The second-order valence-electron chi connectivity index (χ2n) is 5.56. The molecular formula is C18H23NO5S. The van der Waals surface area contributed by atoms with Crippen molar-refractivity contribution in [2.75, 3.05) is 27.4 Å². The monoisotopic (exact) mass is 365 g/mol. The van der Waals surface area contributed by atoms with Gasteiger partial charge in [0, 0.05) is 5.56 Å². The number of benzene rings is 1. The highest BCUT2D eigenvalue weighted by Crippen LogP contribution is 2.35. The third kappa shape index (κ3) is 4.93. The van der Waals surface area contributed by atoms with Crippen LogP contribution < -0.4 is 9.47 Å². The van der Waals surface area contributed by atoms with Crippen LogP contribution in [0.4, 0.5) is 0 Å². The molecule has 0 radical (unpaired) electrons. The summed E-state index contributed by atoms with van der Waals surface area (Å²) in [7, 11) is 3.17. The standard InChI is InChI=1S/C18H23NO5S/c1-11(2)23-8-9-24-18(20)16-12(3)19-17(25-16)13-6-7-14(21-4)15(10-13)22-5/h6-7,10-11H,8-9H2,1-5H3. The molecule has 2 rings (SSSR count). The number of thiazole rings is 1. The summed E-state index contributed by atoms with van der Waals surface area (Å²) in [6, 6.07) is 5.53. The van der Waals surface area contributed by atoms with Gasteiger partial charge in [-0.2, -0.15) is 0 Å². The van der Waals surface area contributed by atoms with Crippen LogP contribution in [0.1, 0.15) is 29.2 Å². The minimum Gasteiger partial charge on any atom is -0.493 e. The first-order chi connectivity index (χ1) is 12.0. The van der Waals surface area contributed by atoms with Gasteiger partial charge >= 0.3 is 5.97 Å². The fraction of sp³-hybridized carbons (Fsp3) is 0.444. The third-order valence-electron chi connectivity index (χ3n) is 3.38. The van der Waals surface area contributed by atoms with Gasteiger partial charge in [0.15, 0.2) is 11.5 Å². The molecule has 0 spiro atoms. The number of nitrogens with zero attached hydrogens (tertiary/aromatic N) is 1. The summed E-state index contributed by atoms with van der Waals surface area (Å²) in [6.07, 6.45) is 0.112. The zero-order chi connectivity index (χ0) is 18.4. The average molecular weight is 365 g/mol. The predicted molar refractivity (Wildman–Crippen MR) is 96.8 cm³/mol. The van der Waals surface area contributed by atoms with Crippen LogP contribution in [0.15, 0.2) is 18.2 Å². The van der Waals surface area contributed by atoms with Crippen LogP contribution >= 0.6 is 11.3 Å².